The molecule has 0 saturated heterocycles. The minimum absolute atomic E-state index is 0.271. The van der Waals surface area contributed by atoms with Crippen LogP contribution >= 0.6 is 11.6 Å². The van der Waals surface area contributed by atoms with Gasteiger partial charge in [-0.05, 0) is 18.1 Å². The van der Waals surface area contributed by atoms with Crippen molar-refractivity contribution in [2.75, 3.05) is 7.11 Å². The zero-order valence-corrected chi connectivity index (χ0v) is 18.7. The standard InChI is InChI=1S/C21H24ClN5O4/c1-6-21(20-25-23-11-26(20)3,13-9-7-8-10-14(13)22)12(2)17-24-15(19(29)30)16(31-5)18(28)27(17)4/h7-12H,6H2,1-5H3,(H,29,30). The Balaban J connectivity index is 2.40. The van der Waals surface area contributed by atoms with Crippen LogP contribution in [0.15, 0.2) is 35.4 Å². The number of ether oxygens (including phenoxy) is 1. The van der Waals surface area contributed by atoms with Gasteiger partial charge in [0, 0.05) is 25.0 Å². The zero-order valence-electron chi connectivity index (χ0n) is 18.0. The van der Waals surface area contributed by atoms with Crippen molar-refractivity contribution in [3.63, 3.8) is 0 Å². The van der Waals surface area contributed by atoms with Crippen LogP contribution in [-0.4, -0.2) is 42.5 Å². The average molecular weight is 446 g/mol. The van der Waals surface area contributed by atoms with Gasteiger partial charge in [0.05, 0.1) is 12.5 Å². The number of carboxylic acids is 1. The topological polar surface area (TPSA) is 112 Å². The Hall–Kier alpha value is -3.20. The van der Waals surface area contributed by atoms with Crippen molar-refractivity contribution in [3.8, 4) is 5.75 Å². The van der Waals surface area contributed by atoms with Crippen molar-refractivity contribution < 1.29 is 14.6 Å². The monoisotopic (exact) mass is 445 g/mol. The molecule has 0 amide bonds. The van der Waals surface area contributed by atoms with Crippen molar-refractivity contribution in [2.45, 2.75) is 31.6 Å². The summed E-state index contributed by atoms with van der Waals surface area (Å²) in [6, 6.07) is 7.39. The number of carboxylic acid groups (broad SMARTS) is 1. The highest BCUT2D eigenvalue weighted by Gasteiger charge is 2.46. The van der Waals surface area contributed by atoms with Crippen LogP contribution in [0.3, 0.4) is 0 Å². The molecule has 2 atom stereocenters. The first-order valence-electron chi connectivity index (χ1n) is 9.68. The lowest BCUT2D eigenvalue weighted by atomic mass is 9.67. The number of carbonyl (C=O) groups is 1. The molecular weight excluding hydrogens is 422 g/mol. The SMILES string of the molecule is CCC(c1ccccc1Cl)(c1nncn1C)C(C)c1nc(C(=O)O)c(OC)c(=O)n1C. The third kappa shape index (κ3) is 3.48. The third-order valence-electron chi connectivity index (χ3n) is 5.84. The van der Waals surface area contributed by atoms with E-state index in [0.29, 0.717) is 17.3 Å². The maximum atomic E-state index is 12.9. The normalized spacial score (nSPS) is 14.1. The first-order chi connectivity index (χ1) is 14.7. The molecule has 1 aromatic carbocycles. The molecule has 0 aliphatic rings. The van der Waals surface area contributed by atoms with Gasteiger partial charge in [0.1, 0.15) is 18.0 Å². The van der Waals surface area contributed by atoms with Crippen molar-refractivity contribution >= 4 is 17.6 Å². The third-order valence-corrected chi connectivity index (χ3v) is 6.17. The molecule has 0 fully saturated rings. The van der Waals surface area contributed by atoms with Crippen LogP contribution in [-0.2, 0) is 19.5 Å². The van der Waals surface area contributed by atoms with Gasteiger partial charge in [-0.1, -0.05) is 43.6 Å². The van der Waals surface area contributed by atoms with E-state index in [2.05, 4.69) is 15.2 Å². The van der Waals surface area contributed by atoms with Crippen LogP contribution in [0.25, 0.3) is 0 Å². The van der Waals surface area contributed by atoms with E-state index in [4.69, 9.17) is 16.3 Å². The van der Waals surface area contributed by atoms with Crippen LogP contribution in [0.5, 0.6) is 5.75 Å². The number of rotatable bonds is 7. The summed E-state index contributed by atoms with van der Waals surface area (Å²) in [6.07, 6.45) is 2.13. The van der Waals surface area contributed by atoms with Crippen LogP contribution in [0.4, 0.5) is 0 Å². The fourth-order valence-electron chi connectivity index (χ4n) is 4.25. The number of aromatic nitrogens is 5. The summed E-state index contributed by atoms with van der Waals surface area (Å²) < 4.78 is 8.14. The summed E-state index contributed by atoms with van der Waals surface area (Å²) in [5.41, 5.74) is -1.08. The lowest BCUT2D eigenvalue weighted by molar-refractivity contribution is 0.0684. The van der Waals surface area contributed by atoms with E-state index in [9.17, 15) is 14.7 Å². The zero-order chi connectivity index (χ0) is 22.9. The summed E-state index contributed by atoms with van der Waals surface area (Å²) in [4.78, 5) is 29.1. The Labute approximate surface area is 184 Å². The first kappa shape index (κ1) is 22.5. The Morgan fingerprint density at radius 2 is 2.00 bits per heavy atom. The summed E-state index contributed by atoms with van der Waals surface area (Å²) in [7, 11) is 4.61. The van der Waals surface area contributed by atoms with Gasteiger partial charge in [0.15, 0.2) is 5.69 Å². The second-order valence-corrected chi connectivity index (χ2v) is 7.72. The number of benzene rings is 1. The molecule has 0 aliphatic heterocycles. The average Bonchev–Trinajstić information content (AvgIpc) is 3.18. The highest BCUT2D eigenvalue weighted by atomic mass is 35.5. The van der Waals surface area contributed by atoms with Gasteiger partial charge in [-0.25, -0.2) is 9.78 Å². The van der Waals surface area contributed by atoms with Crippen molar-refractivity contribution in [1.82, 2.24) is 24.3 Å². The number of aromatic carboxylic acids is 1. The molecule has 0 aliphatic carbocycles. The maximum absolute atomic E-state index is 12.9. The maximum Gasteiger partial charge on any atom is 0.358 e. The van der Waals surface area contributed by atoms with Crippen molar-refractivity contribution in [1.29, 1.82) is 0 Å². The predicted molar refractivity (Wildman–Crippen MR) is 115 cm³/mol. The molecule has 3 aromatic rings. The molecule has 9 nitrogen and oxygen atoms in total. The van der Waals surface area contributed by atoms with E-state index in [1.165, 1.54) is 11.7 Å². The van der Waals surface area contributed by atoms with Gasteiger partial charge < -0.3 is 14.4 Å². The van der Waals surface area contributed by atoms with E-state index in [1.54, 1.807) is 24.0 Å². The largest absolute Gasteiger partial charge is 0.489 e. The van der Waals surface area contributed by atoms with Gasteiger partial charge in [-0.3, -0.25) is 9.36 Å². The van der Waals surface area contributed by atoms with Gasteiger partial charge >= 0.3 is 5.97 Å². The van der Waals surface area contributed by atoms with Crippen LogP contribution in [0, 0.1) is 0 Å². The fourth-order valence-corrected chi connectivity index (χ4v) is 4.55. The fraction of sp³-hybridized carbons (Fsp3) is 0.381. The highest BCUT2D eigenvalue weighted by Crippen LogP contribution is 2.47. The summed E-state index contributed by atoms with van der Waals surface area (Å²) >= 11 is 6.63. The molecule has 2 heterocycles. The van der Waals surface area contributed by atoms with Crippen LogP contribution in [0.2, 0.25) is 5.02 Å². The second kappa shape index (κ2) is 8.50. The summed E-state index contributed by atoms with van der Waals surface area (Å²) in [5.74, 6) is -1.27. The lowest BCUT2D eigenvalue weighted by Crippen LogP contribution is -2.40. The number of halogens is 1. The Morgan fingerprint density at radius 3 is 2.52 bits per heavy atom. The molecule has 31 heavy (non-hydrogen) atoms. The number of hydrogen-bond acceptors (Lipinski definition) is 6. The second-order valence-electron chi connectivity index (χ2n) is 7.31. The van der Waals surface area contributed by atoms with E-state index in [-0.39, 0.29) is 11.6 Å². The van der Waals surface area contributed by atoms with Gasteiger partial charge in [0.25, 0.3) is 5.56 Å². The molecule has 1 N–H and O–H groups in total. The molecule has 0 bridgehead atoms. The molecule has 0 radical (unpaired) electrons. The molecule has 0 saturated carbocycles. The summed E-state index contributed by atoms with van der Waals surface area (Å²) in [6.45, 7) is 3.86. The number of aryl methyl sites for hydroxylation is 1. The van der Waals surface area contributed by atoms with E-state index in [0.717, 1.165) is 5.56 Å². The minimum atomic E-state index is -1.35. The summed E-state index contributed by atoms with van der Waals surface area (Å²) in [5, 5.41) is 18.6. The molecule has 3 rings (SSSR count). The van der Waals surface area contributed by atoms with Gasteiger partial charge in [0.2, 0.25) is 5.75 Å². The number of hydrogen-bond donors (Lipinski definition) is 1. The highest BCUT2D eigenvalue weighted by molar-refractivity contribution is 6.31. The Kier molecular flexibility index (Phi) is 6.17. The predicted octanol–water partition coefficient (Wildman–Crippen LogP) is 2.77. The molecule has 2 unspecified atom stereocenters. The van der Waals surface area contributed by atoms with E-state index >= 15 is 0 Å². The quantitative estimate of drug-likeness (QED) is 0.595. The minimum Gasteiger partial charge on any atom is -0.489 e. The van der Waals surface area contributed by atoms with Crippen molar-refractivity contribution in [3.05, 3.63) is 68.9 Å². The Morgan fingerprint density at radius 1 is 1.32 bits per heavy atom. The van der Waals surface area contributed by atoms with E-state index < -0.39 is 28.6 Å². The number of methoxy groups -OCH3 is 1. The molecule has 10 heteroatoms. The number of nitrogens with zero attached hydrogens (tertiary/aromatic N) is 5. The van der Waals surface area contributed by atoms with Crippen LogP contribution in [0.1, 0.15) is 53.9 Å². The smallest absolute Gasteiger partial charge is 0.358 e. The first-order valence-corrected chi connectivity index (χ1v) is 10.1. The Bertz CT molecular complexity index is 1190. The van der Waals surface area contributed by atoms with Crippen LogP contribution < -0.4 is 10.3 Å². The van der Waals surface area contributed by atoms with Crippen molar-refractivity contribution in [2.24, 2.45) is 14.1 Å². The lowest BCUT2D eigenvalue weighted by Gasteiger charge is -2.38. The van der Waals surface area contributed by atoms with E-state index in [1.807, 2.05) is 39.1 Å². The van der Waals surface area contributed by atoms with Gasteiger partial charge in [-0.15, -0.1) is 10.2 Å². The molecule has 164 valence electrons. The molecular formula is C21H24ClN5O4. The molecule has 2 aromatic heterocycles. The molecule has 0 spiro atoms. The van der Waals surface area contributed by atoms with Gasteiger partial charge in [-0.2, -0.15) is 0 Å².